The van der Waals surface area contributed by atoms with Crippen LogP contribution in [-0.4, -0.2) is 31.6 Å². The topological polar surface area (TPSA) is 79.6 Å². The average Bonchev–Trinajstić information content (AvgIpc) is 2.45. The third-order valence-corrected chi connectivity index (χ3v) is 4.57. The number of rotatable bonds is 6. The zero-order chi connectivity index (χ0) is 16.0. The van der Waals surface area contributed by atoms with Crippen LogP contribution >= 0.6 is 0 Å². The Kier molecular flexibility index (Phi) is 5.72. The molecular formula is C15H21NO4Si. The predicted molar refractivity (Wildman–Crippen MR) is 84.0 cm³/mol. The van der Waals surface area contributed by atoms with E-state index in [0.717, 1.165) is 5.56 Å². The average molecular weight is 307 g/mol. The number of esters is 1. The smallest absolute Gasteiger partial charge is 0.347 e. The Morgan fingerprint density at radius 2 is 1.81 bits per heavy atom. The third-order valence-electron chi connectivity index (χ3n) is 2.82. The molecule has 1 rings (SSSR count). The standard InChI is InChI=1S/C15H21NO4Si/c1-19-14(17)12(13(16)21(2,3)4)15(18)20-10-11-8-6-5-7-9-11/h5-9,16-17H,10H2,1-4H3. The van der Waals surface area contributed by atoms with E-state index in [-0.39, 0.29) is 17.5 Å². The number of hydrogen-bond acceptors (Lipinski definition) is 5. The molecule has 0 aliphatic rings. The van der Waals surface area contributed by atoms with E-state index in [0.29, 0.717) is 0 Å². The van der Waals surface area contributed by atoms with Gasteiger partial charge in [0.05, 0.1) is 7.11 Å². The first-order valence-electron chi connectivity index (χ1n) is 6.55. The molecule has 0 bridgehead atoms. The quantitative estimate of drug-likeness (QED) is 0.278. The first-order valence-corrected chi connectivity index (χ1v) is 10.0. The van der Waals surface area contributed by atoms with Crippen molar-refractivity contribution in [2.45, 2.75) is 26.2 Å². The van der Waals surface area contributed by atoms with Gasteiger partial charge >= 0.3 is 5.97 Å². The zero-order valence-electron chi connectivity index (χ0n) is 12.8. The van der Waals surface area contributed by atoms with Crippen LogP contribution in [0.15, 0.2) is 41.9 Å². The van der Waals surface area contributed by atoms with Gasteiger partial charge in [-0.3, -0.25) is 0 Å². The van der Waals surface area contributed by atoms with E-state index in [1.165, 1.54) is 7.11 Å². The number of ether oxygens (including phenoxy) is 2. The van der Waals surface area contributed by atoms with Gasteiger partial charge in [-0.15, -0.1) is 0 Å². The minimum absolute atomic E-state index is 0.0825. The second-order valence-corrected chi connectivity index (χ2v) is 10.6. The lowest BCUT2D eigenvalue weighted by Gasteiger charge is -2.19. The summed E-state index contributed by atoms with van der Waals surface area (Å²) in [6, 6.07) is 9.22. The first kappa shape index (κ1) is 17.0. The van der Waals surface area contributed by atoms with E-state index >= 15 is 0 Å². The lowest BCUT2D eigenvalue weighted by molar-refractivity contribution is -0.140. The van der Waals surface area contributed by atoms with Gasteiger partial charge in [0.25, 0.3) is 5.95 Å². The van der Waals surface area contributed by atoms with Crippen molar-refractivity contribution in [1.82, 2.24) is 0 Å². The molecule has 0 saturated carbocycles. The monoisotopic (exact) mass is 307 g/mol. The van der Waals surface area contributed by atoms with Crippen LogP contribution < -0.4 is 0 Å². The summed E-state index contributed by atoms with van der Waals surface area (Å²) in [5.41, 5.74) is 0.647. The van der Waals surface area contributed by atoms with Crippen LogP contribution in [0.1, 0.15) is 5.56 Å². The number of methoxy groups -OCH3 is 1. The van der Waals surface area contributed by atoms with E-state index in [1.807, 2.05) is 50.0 Å². The molecule has 1 aromatic rings. The molecule has 0 amide bonds. The number of aliphatic hydroxyl groups excluding tert-OH is 1. The van der Waals surface area contributed by atoms with Crippen LogP contribution in [0, 0.1) is 5.41 Å². The first-order chi connectivity index (χ1) is 9.77. The maximum absolute atomic E-state index is 12.2. The summed E-state index contributed by atoms with van der Waals surface area (Å²) in [7, 11) is -0.842. The Morgan fingerprint density at radius 3 is 2.29 bits per heavy atom. The molecule has 0 radical (unpaired) electrons. The second kappa shape index (κ2) is 7.08. The highest BCUT2D eigenvalue weighted by molar-refractivity contribution is 7.06. The molecule has 114 valence electrons. The van der Waals surface area contributed by atoms with Crippen molar-refractivity contribution in [2.24, 2.45) is 0 Å². The van der Waals surface area contributed by atoms with Gasteiger partial charge in [0.2, 0.25) is 0 Å². The SMILES string of the molecule is COC(O)=C(C(=N)[Si](C)(C)C)C(=O)OCc1ccccc1. The van der Waals surface area contributed by atoms with E-state index in [2.05, 4.69) is 0 Å². The van der Waals surface area contributed by atoms with Crippen molar-refractivity contribution >= 4 is 19.4 Å². The molecule has 0 fully saturated rings. The van der Waals surface area contributed by atoms with Crippen LogP contribution in [0.5, 0.6) is 0 Å². The summed E-state index contributed by atoms with van der Waals surface area (Å²) in [4.78, 5) is 12.2. The molecular weight excluding hydrogens is 286 g/mol. The van der Waals surface area contributed by atoms with Crippen molar-refractivity contribution in [1.29, 1.82) is 5.41 Å². The van der Waals surface area contributed by atoms with Crippen LogP contribution in [0.25, 0.3) is 0 Å². The van der Waals surface area contributed by atoms with Crippen LogP contribution in [0.3, 0.4) is 0 Å². The van der Waals surface area contributed by atoms with Gasteiger partial charge in [-0.2, -0.15) is 0 Å². The highest BCUT2D eigenvalue weighted by Gasteiger charge is 2.32. The maximum Gasteiger partial charge on any atom is 0.347 e. The van der Waals surface area contributed by atoms with Gasteiger partial charge in [0.1, 0.15) is 14.7 Å². The molecule has 0 aromatic heterocycles. The minimum atomic E-state index is -2.09. The molecule has 21 heavy (non-hydrogen) atoms. The van der Waals surface area contributed by atoms with Gasteiger partial charge in [0, 0.05) is 5.33 Å². The Balaban J connectivity index is 2.91. The molecule has 2 N–H and O–H groups in total. The molecule has 0 atom stereocenters. The maximum atomic E-state index is 12.2. The number of nitrogens with one attached hydrogen (secondary N) is 1. The number of carbonyl (C=O) groups excluding carboxylic acids is 1. The fraction of sp³-hybridized carbons (Fsp3) is 0.333. The van der Waals surface area contributed by atoms with E-state index in [4.69, 9.17) is 14.9 Å². The molecule has 5 nitrogen and oxygen atoms in total. The molecule has 0 aliphatic carbocycles. The van der Waals surface area contributed by atoms with Crippen molar-refractivity contribution in [2.75, 3.05) is 7.11 Å². The second-order valence-electron chi connectivity index (χ2n) is 5.57. The van der Waals surface area contributed by atoms with Gasteiger partial charge in [-0.25, -0.2) is 4.79 Å². The predicted octanol–water partition coefficient (Wildman–Crippen LogP) is 3.04. The van der Waals surface area contributed by atoms with Crippen LogP contribution in [-0.2, 0) is 20.9 Å². The summed E-state index contributed by atoms with van der Waals surface area (Å²) in [5, 5.41) is 18.0. The van der Waals surface area contributed by atoms with Gasteiger partial charge in [0.15, 0.2) is 5.57 Å². The molecule has 6 heteroatoms. The fourth-order valence-electron chi connectivity index (χ4n) is 1.57. The Hall–Kier alpha value is -2.08. The summed E-state index contributed by atoms with van der Waals surface area (Å²) in [5.74, 6) is -1.31. The van der Waals surface area contributed by atoms with Crippen molar-refractivity contribution in [3.63, 3.8) is 0 Å². The molecule has 0 aliphatic heterocycles. The van der Waals surface area contributed by atoms with E-state index in [1.54, 1.807) is 0 Å². The van der Waals surface area contributed by atoms with Gasteiger partial charge in [-0.05, 0) is 5.56 Å². The summed E-state index contributed by atoms with van der Waals surface area (Å²) in [6.45, 7) is 5.80. The van der Waals surface area contributed by atoms with Crippen molar-refractivity contribution < 1.29 is 19.4 Å². The van der Waals surface area contributed by atoms with E-state index < -0.39 is 20.0 Å². The van der Waals surface area contributed by atoms with E-state index in [9.17, 15) is 9.90 Å². The Bertz CT molecular complexity index is 547. The lowest BCUT2D eigenvalue weighted by atomic mass is 10.2. The Labute approximate surface area is 125 Å². The van der Waals surface area contributed by atoms with Gasteiger partial charge < -0.3 is 20.0 Å². The molecule has 0 heterocycles. The minimum Gasteiger partial charge on any atom is -0.480 e. The summed E-state index contributed by atoms with van der Waals surface area (Å²) >= 11 is 0. The highest BCUT2D eigenvalue weighted by atomic mass is 28.3. The number of aliphatic hydroxyl groups is 1. The number of carbonyl (C=O) groups is 1. The van der Waals surface area contributed by atoms with Gasteiger partial charge in [-0.1, -0.05) is 50.0 Å². The summed E-state index contributed by atoms with van der Waals surface area (Å²) in [6.07, 6.45) is 0. The highest BCUT2D eigenvalue weighted by Crippen LogP contribution is 2.16. The lowest BCUT2D eigenvalue weighted by Crippen LogP contribution is -2.37. The molecule has 0 spiro atoms. The summed E-state index contributed by atoms with van der Waals surface area (Å²) < 4.78 is 9.89. The normalized spacial score (nSPS) is 12.4. The number of benzene rings is 1. The largest absolute Gasteiger partial charge is 0.480 e. The van der Waals surface area contributed by atoms with Crippen molar-refractivity contribution in [3.05, 3.63) is 47.4 Å². The molecule has 0 unspecified atom stereocenters. The van der Waals surface area contributed by atoms with Crippen LogP contribution in [0.2, 0.25) is 19.6 Å². The fourth-order valence-corrected chi connectivity index (χ4v) is 2.53. The molecule has 1 aromatic carbocycles. The Morgan fingerprint density at radius 1 is 1.24 bits per heavy atom. The van der Waals surface area contributed by atoms with Crippen LogP contribution in [0.4, 0.5) is 0 Å². The zero-order valence-corrected chi connectivity index (χ0v) is 13.8. The van der Waals surface area contributed by atoms with Crippen molar-refractivity contribution in [3.8, 4) is 0 Å². The number of hydrogen-bond donors (Lipinski definition) is 2. The third kappa shape index (κ3) is 4.75. The molecule has 0 saturated heterocycles.